The van der Waals surface area contributed by atoms with Crippen LogP contribution in [0.1, 0.15) is 65.2 Å². The Labute approximate surface area is 83.1 Å². The normalized spacial score (nSPS) is 22.4. The van der Waals surface area contributed by atoms with Gasteiger partial charge in [-0.25, -0.2) is 0 Å². The van der Waals surface area contributed by atoms with E-state index >= 15 is 0 Å². The topological polar surface area (TPSA) is 26.0 Å². The van der Waals surface area contributed by atoms with Crippen molar-refractivity contribution >= 4 is 0 Å². The van der Waals surface area contributed by atoms with Crippen molar-refractivity contribution in [1.29, 1.82) is 0 Å². The van der Waals surface area contributed by atoms with Gasteiger partial charge in [0, 0.05) is 5.54 Å². The second-order valence-corrected chi connectivity index (χ2v) is 5.40. The summed E-state index contributed by atoms with van der Waals surface area (Å²) in [5.74, 6) is 0.903. The van der Waals surface area contributed by atoms with Crippen molar-refractivity contribution in [1.82, 2.24) is 0 Å². The molecule has 0 aliphatic heterocycles. The summed E-state index contributed by atoms with van der Waals surface area (Å²) in [6.45, 7) is 4.32. The molecule has 0 amide bonds. The maximum absolute atomic E-state index is 6.06. The first-order valence-electron chi connectivity index (χ1n) is 5.87. The lowest BCUT2D eigenvalue weighted by atomic mass is 9.83. The standard InChI is InChI=1S/C12H25N/c1-12(2,13)10-11-8-6-4-3-5-7-9-11/h11H,3-10,13H2,1-2H3. The van der Waals surface area contributed by atoms with E-state index in [9.17, 15) is 0 Å². The van der Waals surface area contributed by atoms with Crippen LogP contribution in [0.15, 0.2) is 0 Å². The Morgan fingerprint density at radius 1 is 1.00 bits per heavy atom. The highest BCUT2D eigenvalue weighted by molar-refractivity contribution is 4.77. The maximum atomic E-state index is 6.06. The average Bonchev–Trinajstić information content (AvgIpc) is 1.92. The van der Waals surface area contributed by atoms with Crippen LogP contribution in [0, 0.1) is 5.92 Å². The third kappa shape index (κ3) is 5.30. The molecule has 1 fully saturated rings. The molecule has 0 bridgehead atoms. The monoisotopic (exact) mass is 183 g/mol. The highest BCUT2D eigenvalue weighted by Gasteiger charge is 2.19. The number of hydrogen-bond donors (Lipinski definition) is 1. The molecule has 2 N–H and O–H groups in total. The van der Waals surface area contributed by atoms with E-state index in [1.54, 1.807) is 0 Å². The van der Waals surface area contributed by atoms with Gasteiger partial charge in [-0.2, -0.15) is 0 Å². The molecule has 0 atom stereocenters. The van der Waals surface area contributed by atoms with E-state index in [1.807, 2.05) is 0 Å². The second-order valence-electron chi connectivity index (χ2n) is 5.40. The van der Waals surface area contributed by atoms with Crippen molar-refractivity contribution in [2.24, 2.45) is 11.7 Å². The maximum Gasteiger partial charge on any atom is 0.00996 e. The molecule has 1 heteroatoms. The minimum Gasteiger partial charge on any atom is -0.326 e. The molecule has 1 nitrogen and oxygen atoms in total. The summed E-state index contributed by atoms with van der Waals surface area (Å²) in [5, 5.41) is 0. The quantitative estimate of drug-likeness (QED) is 0.697. The van der Waals surface area contributed by atoms with Gasteiger partial charge in [0.05, 0.1) is 0 Å². The van der Waals surface area contributed by atoms with Gasteiger partial charge in [-0.15, -0.1) is 0 Å². The van der Waals surface area contributed by atoms with E-state index in [0.29, 0.717) is 0 Å². The zero-order chi connectivity index (χ0) is 9.73. The van der Waals surface area contributed by atoms with E-state index in [2.05, 4.69) is 13.8 Å². The van der Waals surface area contributed by atoms with Gasteiger partial charge in [0.1, 0.15) is 0 Å². The second kappa shape index (κ2) is 4.99. The fourth-order valence-corrected chi connectivity index (χ4v) is 2.49. The van der Waals surface area contributed by atoms with Gasteiger partial charge in [-0.05, 0) is 26.2 Å². The molecule has 0 heterocycles. The summed E-state index contributed by atoms with van der Waals surface area (Å²) in [5.41, 5.74) is 6.10. The summed E-state index contributed by atoms with van der Waals surface area (Å²) >= 11 is 0. The van der Waals surface area contributed by atoms with E-state index < -0.39 is 0 Å². The fourth-order valence-electron chi connectivity index (χ4n) is 2.49. The molecule has 0 aromatic carbocycles. The molecule has 0 aromatic heterocycles. The Balaban J connectivity index is 2.29. The van der Waals surface area contributed by atoms with Crippen molar-refractivity contribution < 1.29 is 0 Å². The molecular weight excluding hydrogens is 158 g/mol. The number of nitrogens with two attached hydrogens (primary N) is 1. The molecule has 0 unspecified atom stereocenters. The highest BCUT2D eigenvalue weighted by Crippen LogP contribution is 2.27. The predicted molar refractivity (Wildman–Crippen MR) is 58.7 cm³/mol. The average molecular weight is 183 g/mol. The lowest BCUT2D eigenvalue weighted by Gasteiger charge is -2.27. The molecule has 1 aliphatic rings. The predicted octanol–water partition coefficient (Wildman–Crippen LogP) is 3.47. The molecule has 1 aliphatic carbocycles. The lowest BCUT2D eigenvalue weighted by molar-refractivity contribution is 0.297. The van der Waals surface area contributed by atoms with Gasteiger partial charge in [-0.1, -0.05) is 44.9 Å². The number of hydrogen-bond acceptors (Lipinski definition) is 1. The van der Waals surface area contributed by atoms with E-state index in [4.69, 9.17) is 5.73 Å². The third-order valence-corrected chi connectivity index (χ3v) is 3.04. The van der Waals surface area contributed by atoms with E-state index in [1.165, 1.54) is 51.4 Å². The minimum atomic E-state index is 0.0455. The SMILES string of the molecule is CC(C)(N)CC1CCCCCCC1. The Kier molecular flexibility index (Phi) is 4.24. The zero-order valence-corrected chi connectivity index (χ0v) is 9.31. The van der Waals surface area contributed by atoms with E-state index in [-0.39, 0.29) is 5.54 Å². The molecule has 0 spiro atoms. The summed E-state index contributed by atoms with van der Waals surface area (Å²) in [7, 11) is 0. The first-order valence-corrected chi connectivity index (χ1v) is 5.87. The first-order chi connectivity index (χ1) is 6.08. The van der Waals surface area contributed by atoms with Crippen molar-refractivity contribution in [3.05, 3.63) is 0 Å². The van der Waals surface area contributed by atoms with Crippen LogP contribution in [0.2, 0.25) is 0 Å². The van der Waals surface area contributed by atoms with Crippen LogP contribution in [0.3, 0.4) is 0 Å². The Morgan fingerprint density at radius 2 is 1.46 bits per heavy atom. The Hall–Kier alpha value is -0.0400. The molecule has 0 aromatic rings. The Bertz CT molecular complexity index is 127. The van der Waals surface area contributed by atoms with Gasteiger partial charge in [-0.3, -0.25) is 0 Å². The molecule has 13 heavy (non-hydrogen) atoms. The van der Waals surface area contributed by atoms with E-state index in [0.717, 1.165) is 5.92 Å². The van der Waals surface area contributed by atoms with Gasteiger partial charge >= 0.3 is 0 Å². The van der Waals surface area contributed by atoms with Gasteiger partial charge in [0.15, 0.2) is 0 Å². The fraction of sp³-hybridized carbons (Fsp3) is 1.00. The van der Waals surface area contributed by atoms with Crippen LogP contribution >= 0.6 is 0 Å². The van der Waals surface area contributed by atoms with Crippen molar-refractivity contribution in [3.63, 3.8) is 0 Å². The van der Waals surface area contributed by atoms with Gasteiger partial charge < -0.3 is 5.73 Å². The Morgan fingerprint density at radius 3 is 1.92 bits per heavy atom. The van der Waals surface area contributed by atoms with Crippen LogP contribution < -0.4 is 5.73 Å². The molecule has 1 saturated carbocycles. The van der Waals surface area contributed by atoms with Crippen LogP contribution in [-0.2, 0) is 0 Å². The van der Waals surface area contributed by atoms with Crippen molar-refractivity contribution in [2.75, 3.05) is 0 Å². The molecule has 1 rings (SSSR count). The zero-order valence-electron chi connectivity index (χ0n) is 9.31. The molecular formula is C12H25N. The smallest absolute Gasteiger partial charge is 0.00996 e. The molecule has 0 saturated heterocycles. The highest BCUT2D eigenvalue weighted by atomic mass is 14.7. The largest absolute Gasteiger partial charge is 0.326 e. The van der Waals surface area contributed by atoms with Crippen LogP contribution in [0.25, 0.3) is 0 Å². The number of rotatable bonds is 2. The first kappa shape index (κ1) is 11.0. The van der Waals surface area contributed by atoms with Crippen LogP contribution in [0.4, 0.5) is 0 Å². The van der Waals surface area contributed by atoms with Crippen molar-refractivity contribution in [3.8, 4) is 0 Å². The summed E-state index contributed by atoms with van der Waals surface area (Å²) in [4.78, 5) is 0. The molecule has 0 radical (unpaired) electrons. The minimum absolute atomic E-state index is 0.0455. The summed E-state index contributed by atoms with van der Waals surface area (Å²) in [6, 6.07) is 0. The summed E-state index contributed by atoms with van der Waals surface area (Å²) in [6.07, 6.45) is 11.3. The van der Waals surface area contributed by atoms with Crippen molar-refractivity contribution in [2.45, 2.75) is 70.8 Å². The van der Waals surface area contributed by atoms with Gasteiger partial charge in [0.2, 0.25) is 0 Å². The lowest BCUT2D eigenvalue weighted by Crippen LogP contribution is -2.34. The van der Waals surface area contributed by atoms with Crippen LogP contribution in [-0.4, -0.2) is 5.54 Å². The summed E-state index contributed by atoms with van der Waals surface area (Å²) < 4.78 is 0. The van der Waals surface area contributed by atoms with Crippen LogP contribution in [0.5, 0.6) is 0 Å². The van der Waals surface area contributed by atoms with Gasteiger partial charge in [0.25, 0.3) is 0 Å². The molecule has 78 valence electrons. The third-order valence-electron chi connectivity index (χ3n) is 3.04.